The molecule has 3 heteroatoms. The summed E-state index contributed by atoms with van der Waals surface area (Å²) in [7, 11) is 1.97. The van der Waals surface area contributed by atoms with E-state index < -0.39 is 0 Å². The third-order valence-electron chi connectivity index (χ3n) is 1.59. The number of rotatable bonds is 0. The van der Waals surface area contributed by atoms with Crippen molar-refractivity contribution in [2.24, 2.45) is 7.05 Å². The maximum atomic E-state index is 4.10. The van der Waals surface area contributed by atoms with E-state index in [-0.39, 0.29) is 26.5 Å². The predicted octanol–water partition coefficient (Wildman–Crippen LogP) is 1.72. The molecule has 1 aromatic rings. The van der Waals surface area contributed by atoms with Gasteiger partial charge in [-0.2, -0.15) is 5.10 Å². The van der Waals surface area contributed by atoms with Crippen LogP contribution in [-0.2, 0) is 33.5 Å². The van der Waals surface area contributed by atoms with Gasteiger partial charge in [0.15, 0.2) is 0 Å². The first-order valence-electron chi connectivity index (χ1n) is 3.50. The van der Waals surface area contributed by atoms with Crippen LogP contribution in [0.15, 0.2) is 12.3 Å². The Kier molecular flexibility index (Phi) is 3.50. The number of aryl methyl sites for hydroxylation is 1. The quantitative estimate of drug-likeness (QED) is 0.707. The molecule has 0 saturated carbocycles. The van der Waals surface area contributed by atoms with Gasteiger partial charge >= 0.3 is 0 Å². The summed E-state index contributed by atoms with van der Waals surface area (Å²) in [4.78, 5) is 0. The SMILES string of the molecule is Cn1nccc1C(C)(C)C.[Pt]. The van der Waals surface area contributed by atoms with Gasteiger partial charge in [-0.05, 0) is 6.07 Å². The molecule has 0 saturated heterocycles. The molecule has 1 aromatic heterocycles. The molecule has 0 aliphatic rings. The van der Waals surface area contributed by atoms with E-state index >= 15 is 0 Å². The van der Waals surface area contributed by atoms with Crippen LogP contribution >= 0.6 is 0 Å². The minimum atomic E-state index is 0. The fourth-order valence-corrected chi connectivity index (χ4v) is 1.11. The van der Waals surface area contributed by atoms with Crippen LogP contribution in [0, 0.1) is 0 Å². The van der Waals surface area contributed by atoms with Gasteiger partial charge in [-0.15, -0.1) is 0 Å². The van der Waals surface area contributed by atoms with Crippen molar-refractivity contribution in [3.63, 3.8) is 0 Å². The summed E-state index contributed by atoms with van der Waals surface area (Å²) < 4.78 is 1.92. The summed E-state index contributed by atoms with van der Waals surface area (Å²) in [6, 6.07) is 2.06. The van der Waals surface area contributed by atoms with Gasteiger partial charge in [0, 0.05) is 45.4 Å². The Labute approximate surface area is 82.3 Å². The van der Waals surface area contributed by atoms with Crippen LogP contribution in [0.4, 0.5) is 0 Å². The van der Waals surface area contributed by atoms with E-state index in [9.17, 15) is 0 Å². The van der Waals surface area contributed by atoms with E-state index in [0.717, 1.165) is 0 Å². The van der Waals surface area contributed by atoms with Crippen LogP contribution in [0.3, 0.4) is 0 Å². The molecule has 1 heterocycles. The third kappa shape index (κ3) is 2.44. The van der Waals surface area contributed by atoms with E-state index in [1.165, 1.54) is 5.69 Å². The van der Waals surface area contributed by atoms with E-state index in [1.54, 1.807) is 0 Å². The summed E-state index contributed by atoms with van der Waals surface area (Å²) in [5, 5.41) is 4.10. The van der Waals surface area contributed by atoms with Gasteiger partial charge in [-0.1, -0.05) is 20.8 Å². The van der Waals surface area contributed by atoms with E-state index in [1.807, 2.05) is 17.9 Å². The molecule has 0 atom stereocenters. The maximum absolute atomic E-state index is 4.10. The third-order valence-corrected chi connectivity index (χ3v) is 1.59. The van der Waals surface area contributed by atoms with E-state index in [4.69, 9.17) is 0 Å². The first-order chi connectivity index (χ1) is 4.52. The van der Waals surface area contributed by atoms with E-state index in [0.29, 0.717) is 0 Å². The Hall–Kier alpha value is -0.102. The average Bonchev–Trinajstić information content (AvgIpc) is 2.11. The molecule has 1 rings (SSSR count). The van der Waals surface area contributed by atoms with Gasteiger partial charge in [-0.25, -0.2) is 0 Å². The van der Waals surface area contributed by atoms with Crippen molar-refractivity contribution < 1.29 is 21.1 Å². The van der Waals surface area contributed by atoms with E-state index in [2.05, 4.69) is 31.9 Å². The monoisotopic (exact) mass is 333 g/mol. The van der Waals surface area contributed by atoms with Crippen LogP contribution in [-0.4, -0.2) is 9.78 Å². The Morgan fingerprint density at radius 1 is 1.36 bits per heavy atom. The van der Waals surface area contributed by atoms with Crippen LogP contribution in [0.5, 0.6) is 0 Å². The summed E-state index contributed by atoms with van der Waals surface area (Å²) in [6.07, 6.45) is 1.83. The maximum Gasteiger partial charge on any atom is 0.0492 e. The van der Waals surface area contributed by atoms with Crippen LogP contribution in [0.1, 0.15) is 26.5 Å². The molecule has 0 amide bonds. The Morgan fingerprint density at radius 3 is 2.09 bits per heavy atom. The number of aromatic nitrogens is 2. The van der Waals surface area contributed by atoms with Gasteiger partial charge in [-0.3, -0.25) is 4.68 Å². The van der Waals surface area contributed by atoms with Crippen molar-refractivity contribution in [1.82, 2.24) is 9.78 Å². The molecule has 66 valence electrons. The summed E-state index contributed by atoms with van der Waals surface area (Å²) in [5.74, 6) is 0. The molecule has 11 heavy (non-hydrogen) atoms. The predicted molar refractivity (Wildman–Crippen MR) is 41.9 cm³/mol. The Morgan fingerprint density at radius 2 is 1.91 bits per heavy atom. The normalized spacial score (nSPS) is 10.9. The molecule has 0 unspecified atom stereocenters. The molecular weight excluding hydrogens is 319 g/mol. The minimum absolute atomic E-state index is 0. The van der Waals surface area contributed by atoms with Crippen molar-refractivity contribution >= 4 is 0 Å². The topological polar surface area (TPSA) is 17.8 Å². The fourth-order valence-electron chi connectivity index (χ4n) is 1.11. The molecule has 0 radical (unpaired) electrons. The van der Waals surface area contributed by atoms with Crippen molar-refractivity contribution in [3.05, 3.63) is 18.0 Å². The second kappa shape index (κ2) is 3.53. The molecule has 0 aromatic carbocycles. The number of hydrogen-bond donors (Lipinski definition) is 0. The van der Waals surface area contributed by atoms with Gasteiger partial charge in [0.2, 0.25) is 0 Å². The number of hydrogen-bond acceptors (Lipinski definition) is 1. The minimum Gasteiger partial charge on any atom is -0.272 e. The number of nitrogens with zero attached hydrogens (tertiary/aromatic N) is 2. The average molecular weight is 333 g/mol. The van der Waals surface area contributed by atoms with Crippen molar-refractivity contribution in [2.45, 2.75) is 26.2 Å². The first-order valence-corrected chi connectivity index (χ1v) is 3.50. The van der Waals surface area contributed by atoms with Crippen LogP contribution < -0.4 is 0 Å². The molecule has 0 fully saturated rings. The molecule has 0 aliphatic heterocycles. The largest absolute Gasteiger partial charge is 0.272 e. The Bertz CT molecular complexity index is 222. The smallest absolute Gasteiger partial charge is 0.0492 e. The van der Waals surface area contributed by atoms with Crippen molar-refractivity contribution in [2.75, 3.05) is 0 Å². The van der Waals surface area contributed by atoms with Gasteiger partial charge in [0.25, 0.3) is 0 Å². The Balaban J connectivity index is 0.000001000. The fraction of sp³-hybridized carbons (Fsp3) is 0.625. The zero-order valence-electron chi connectivity index (χ0n) is 7.37. The molecule has 0 aliphatic carbocycles. The summed E-state index contributed by atoms with van der Waals surface area (Å²) in [6.45, 7) is 6.55. The van der Waals surface area contributed by atoms with Gasteiger partial charge in [0.05, 0.1) is 0 Å². The van der Waals surface area contributed by atoms with Gasteiger partial charge in [0.1, 0.15) is 0 Å². The van der Waals surface area contributed by atoms with Crippen molar-refractivity contribution in [1.29, 1.82) is 0 Å². The molecule has 0 spiro atoms. The molecule has 2 nitrogen and oxygen atoms in total. The second-order valence-electron chi connectivity index (χ2n) is 3.59. The zero-order chi connectivity index (χ0) is 7.78. The van der Waals surface area contributed by atoms with Crippen LogP contribution in [0.2, 0.25) is 0 Å². The standard InChI is InChI=1S/C8H14N2.Pt/c1-8(2,3)7-5-6-9-10(7)4;/h5-6H,1-4H3;. The molecule has 0 bridgehead atoms. The summed E-state index contributed by atoms with van der Waals surface area (Å²) in [5.41, 5.74) is 1.48. The van der Waals surface area contributed by atoms with Crippen molar-refractivity contribution in [3.8, 4) is 0 Å². The molecular formula is C8H14N2Pt. The van der Waals surface area contributed by atoms with Crippen LogP contribution in [0.25, 0.3) is 0 Å². The van der Waals surface area contributed by atoms with Gasteiger partial charge < -0.3 is 0 Å². The first kappa shape index (κ1) is 10.9. The second-order valence-corrected chi connectivity index (χ2v) is 3.59. The molecule has 0 N–H and O–H groups in total. The summed E-state index contributed by atoms with van der Waals surface area (Å²) >= 11 is 0. The zero-order valence-corrected chi connectivity index (χ0v) is 9.64.